The van der Waals surface area contributed by atoms with Crippen molar-refractivity contribution in [2.24, 2.45) is 0 Å². The molecule has 0 amide bonds. The molecule has 3 nitrogen and oxygen atoms in total. The van der Waals surface area contributed by atoms with Gasteiger partial charge in [0.25, 0.3) is 0 Å². The van der Waals surface area contributed by atoms with Gasteiger partial charge < -0.3 is 9.47 Å². The Morgan fingerprint density at radius 2 is 1.15 bits per heavy atom. The van der Waals surface area contributed by atoms with Gasteiger partial charge in [0.15, 0.2) is 0 Å². The predicted molar refractivity (Wildman–Crippen MR) is 226 cm³/mol. The number of pyridine rings is 1. The first-order valence-electron chi connectivity index (χ1n) is 18.7. The molecule has 0 bridgehead atoms. The second-order valence-corrected chi connectivity index (χ2v) is 14.4. The first-order chi connectivity index (χ1) is 26.8. The summed E-state index contributed by atoms with van der Waals surface area (Å²) < 4.78 is 2.41. The van der Waals surface area contributed by atoms with E-state index in [9.17, 15) is 0 Å². The molecule has 2 aromatic heterocycles. The number of aromatic nitrogens is 2. The summed E-state index contributed by atoms with van der Waals surface area (Å²) in [5.74, 6) is 0.276. The quantitative estimate of drug-likeness (QED) is 0.179. The largest absolute Gasteiger partial charge is 0.333 e. The molecule has 1 aliphatic carbocycles. The Balaban J connectivity index is 0.949. The molecular formula is C51H35N3. The molecule has 0 fully saturated rings. The van der Waals surface area contributed by atoms with Crippen molar-refractivity contribution in [3.8, 4) is 39.2 Å². The highest BCUT2D eigenvalue weighted by Gasteiger charge is 2.37. The lowest BCUT2D eigenvalue weighted by molar-refractivity contribution is 0.745. The Kier molecular flexibility index (Phi) is 6.99. The van der Waals surface area contributed by atoms with Crippen LogP contribution in [0.2, 0.25) is 0 Å². The smallest absolute Gasteiger partial charge is 0.0702 e. The van der Waals surface area contributed by atoms with Gasteiger partial charge in [0.1, 0.15) is 0 Å². The summed E-state index contributed by atoms with van der Waals surface area (Å²) >= 11 is 0. The van der Waals surface area contributed by atoms with Crippen LogP contribution in [0.15, 0.2) is 200 Å². The lowest BCUT2D eigenvalue weighted by Crippen LogP contribution is -2.28. The van der Waals surface area contributed by atoms with Crippen LogP contribution in [0.5, 0.6) is 0 Å². The molecule has 0 radical (unpaired) electrons. The van der Waals surface area contributed by atoms with Gasteiger partial charge in [-0.25, -0.2) is 0 Å². The van der Waals surface area contributed by atoms with Gasteiger partial charge in [-0.15, -0.1) is 0 Å². The lowest BCUT2D eigenvalue weighted by atomic mass is 9.89. The van der Waals surface area contributed by atoms with E-state index in [2.05, 4.69) is 198 Å². The molecule has 1 aliphatic heterocycles. The van der Waals surface area contributed by atoms with E-state index < -0.39 is 0 Å². The van der Waals surface area contributed by atoms with E-state index in [1.54, 1.807) is 0 Å². The van der Waals surface area contributed by atoms with Gasteiger partial charge in [-0.3, -0.25) is 4.98 Å². The average molecular weight is 690 g/mol. The zero-order valence-corrected chi connectivity index (χ0v) is 29.5. The molecule has 2 aliphatic rings. The van der Waals surface area contributed by atoms with Crippen LogP contribution in [0.4, 0.5) is 11.4 Å². The molecule has 254 valence electrons. The third kappa shape index (κ3) is 4.93. The second-order valence-electron chi connectivity index (χ2n) is 14.4. The summed E-state index contributed by atoms with van der Waals surface area (Å²) in [7, 11) is 0. The van der Waals surface area contributed by atoms with Crippen molar-refractivity contribution >= 4 is 44.0 Å². The summed E-state index contributed by atoms with van der Waals surface area (Å²) in [6, 6.07) is 62.0. The van der Waals surface area contributed by atoms with Crippen LogP contribution in [0.25, 0.3) is 71.8 Å². The number of hydrogen-bond acceptors (Lipinski definition) is 2. The van der Waals surface area contributed by atoms with Crippen molar-refractivity contribution in [2.75, 3.05) is 4.90 Å². The summed E-state index contributed by atoms with van der Waals surface area (Å²) in [5, 5.41) is 5.03. The van der Waals surface area contributed by atoms with Gasteiger partial charge >= 0.3 is 0 Å². The molecule has 9 aromatic rings. The summed E-state index contributed by atoms with van der Waals surface area (Å²) in [6.45, 7) is 0. The number of rotatable bonds is 5. The molecule has 0 saturated heterocycles. The second kappa shape index (κ2) is 12.3. The number of para-hydroxylation sites is 1. The molecule has 0 saturated carbocycles. The fourth-order valence-electron chi connectivity index (χ4n) is 8.73. The fourth-order valence-corrected chi connectivity index (χ4v) is 8.73. The number of hydrogen-bond donors (Lipinski definition) is 0. The van der Waals surface area contributed by atoms with Crippen LogP contribution in [-0.4, -0.2) is 15.6 Å². The topological polar surface area (TPSA) is 21.1 Å². The maximum Gasteiger partial charge on any atom is 0.0702 e. The van der Waals surface area contributed by atoms with E-state index >= 15 is 0 Å². The van der Waals surface area contributed by atoms with Gasteiger partial charge in [0.05, 0.1) is 22.8 Å². The molecule has 0 spiro atoms. The molecular weight excluding hydrogens is 655 g/mol. The van der Waals surface area contributed by atoms with Crippen LogP contribution >= 0.6 is 0 Å². The number of fused-ring (bicyclic) bond motifs is 7. The van der Waals surface area contributed by atoms with Gasteiger partial charge in [0, 0.05) is 51.1 Å². The SMILES string of the molecule is C1=CC2c3cc(-c4ccc5c(c4)c4ccccc4n5-c4ccc5ccccc5c4)ccc3N(c3ccc(-c4ccc(-c5ccccc5)nc4)cc3)C2C=C1. The minimum atomic E-state index is 0.223. The highest BCUT2D eigenvalue weighted by atomic mass is 15.2. The number of allylic oxidation sites excluding steroid dienone is 2. The van der Waals surface area contributed by atoms with Crippen molar-refractivity contribution in [3.05, 3.63) is 206 Å². The Morgan fingerprint density at radius 3 is 2.02 bits per heavy atom. The van der Waals surface area contributed by atoms with E-state index in [0.717, 1.165) is 22.4 Å². The highest BCUT2D eigenvalue weighted by Crippen LogP contribution is 2.49. The van der Waals surface area contributed by atoms with Gasteiger partial charge in [-0.1, -0.05) is 133 Å². The minimum absolute atomic E-state index is 0.223. The lowest BCUT2D eigenvalue weighted by Gasteiger charge is -2.28. The Hall–Kier alpha value is -6.97. The summed E-state index contributed by atoms with van der Waals surface area (Å²) in [4.78, 5) is 7.27. The van der Waals surface area contributed by atoms with Gasteiger partial charge in [-0.2, -0.15) is 0 Å². The van der Waals surface area contributed by atoms with Crippen molar-refractivity contribution in [1.29, 1.82) is 0 Å². The normalized spacial score (nSPS) is 16.0. The first-order valence-corrected chi connectivity index (χ1v) is 18.7. The average Bonchev–Trinajstić information content (AvgIpc) is 3.76. The van der Waals surface area contributed by atoms with Crippen molar-refractivity contribution in [3.63, 3.8) is 0 Å². The first kappa shape index (κ1) is 30.6. The molecule has 7 aromatic carbocycles. The summed E-state index contributed by atoms with van der Waals surface area (Å²) in [5.41, 5.74) is 14.3. The maximum atomic E-state index is 4.77. The predicted octanol–water partition coefficient (Wildman–Crippen LogP) is 13.1. The summed E-state index contributed by atoms with van der Waals surface area (Å²) in [6.07, 6.45) is 11.1. The van der Waals surface area contributed by atoms with Crippen LogP contribution in [-0.2, 0) is 0 Å². The Bertz CT molecular complexity index is 2930. The zero-order chi connectivity index (χ0) is 35.6. The molecule has 2 unspecified atom stereocenters. The minimum Gasteiger partial charge on any atom is -0.333 e. The van der Waals surface area contributed by atoms with Crippen LogP contribution in [0.3, 0.4) is 0 Å². The monoisotopic (exact) mass is 689 g/mol. The number of benzene rings is 7. The van der Waals surface area contributed by atoms with E-state index in [1.165, 1.54) is 66.3 Å². The van der Waals surface area contributed by atoms with Crippen LogP contribution in [0, 0.1) is 0 Å². The highest BCUT2D eigenvalue weighted by molar-refractivity contribution is 6.10. The van der Waals surface area contributed by atoms with Crippen LogP contribution in [0.1, 0.15) is 11.5 Å². The third-order valence-electron chi connectivity index (χ3n) is 11.4. The molecule has 11 rings (SSSR count). The van der Waals surface area contributed by atoms with Crippen LogP contribution < -0.4 is 4.90 Å². The standard InChI is InChI=1S/C51H35N3/c1-2-11-36(12-3-1)47-27-21-40(33-52-47)35-18-24-41(25-19-35)53-48-16-8-6-14-43(48)45-31-38(22-28-50(45)53)39-23-29-51-46(32-39)44-15-7-9-17-49(44)54(51)42-26-20-34-10-4-5-13-37(34)30-42/h1-33,43,48H. The van der Waals surface area contributed by atoms with Crippen molar-refractivity contribution < 1.29 is 0 Å². The van der Waals surface area contributed by atoms with E-state index in [0.29, 0.717) is 0 Å². The molecule has 54 heavy (non-hydrogen) atoms. The van der Waals surface area contributed by atoms with Gasteiger partial charge in [-0.05, 0) is 93.7 Å². The zero-order valence-electron chi connectivity index (χ0n) is 29.5. The fraction of sp³-hybridized carbons (Fsp3) is 0.0392. The van der Waals surface area contributed by atoms with E-state index in [4.69, 9.17) is 4.98 Å². The van der Waals surface area contributed by atoms with Crippen molar-refractivity contribution in [2.45, 2.75) is 12.0 Å². The molecule has 3 heterocycles. The Labute approximate surface area is 314 Å². The van der Waals surface area contributed by atoms with E-state index in [-0.39, 0.29) is 12.0 Å². The third-order valence-corrected chi connectivity index (χ3v) is 11.4. The molecule has 0 N–H and O–H groups in total. The maximum absolute atomic E-state index is 4.77. The number of nitrogens with zero attached hydrogens (tertiary/aromatic N) is 3. The molecule has 2 atom stereocenters. The van der Waals surface area contributed by atoms with Crippen molar-refractivity contribution in [1.82, 2.24) is 9.55 Å². The van der Waals surface area contributed by atoms with E-state index in [1.807, 2.05) is 12.3 Å². The Morgan fingerprint density at radius 1 is 0.444 bits per heavy atom. The van der Waals surface area contributed by atoms with Gasteiger partial charge in [0.2, 0.25) is 0 Å². The molecule has 3 heteroatoms. The number of anilines is 2.